The number of hydrogen-bond donors (Lipinski definition) is 2. The van der Waals surface area contributed by atoms with E-state index in [0.717, 1.165) is 19.8 Å². The van der Waals surface area contributed by atoms with Crippen molar-refractivity contribution in [3.63, 3.8) is 0 Å². The Bertz CT molecular complexity index is 68.7. The average molecular weight is 189 g/mol. The monoisotopic (exact) mass is 188 g/mol. The molecule has 5 heteroatoms. The van der Waals surface area contributed by atoms with Gasteiger partial charge in [-0.1, -0.05) is 0 Å². The molecule has 1 unspecified atom stereocenters. The zero-order chi connectivity index (χ0) is 5.82. The van der Waals surface area contributed by atoms with E-state index in [9.17, 15) is 0 Å². The molecule has 1 rings (SSSR count). The summed E-state index contributed by atoms with van der Waals surface area (Å²) in [4.78, 5) is 0. The van der Waals surface area contributed by atoms with Crippen molar-refractivity contribution in [2.45, 2.75) is 6.04 Å². The molecule has 0 saturated carbocycles. The molecule has 0 aromatic carbocycles. The summed E-state index contributed by atoms with van der Waals surface area (Å²) < 4.78 is 5.13. The van der Waals surface area contributed by atoms with Crippen LogP contribution in [-0.4, -0.2) is 32.3 Å². The first-order chi connectivity index (χ1) is 3.93. The summed E-state index contributed by atoms with van der Waals surface area (Å²) in [6.45, 7) is 3.23. The second kappa shape index (κ2) is 7.57. The Morgan fingerprint density at radius 1 is 1.50 bits per heavy atom. The lowest BCUT2D eigenvalue weighted by Gasteiger charge is -2.21. The molecule has 1 saturated heterocycles. The number of nitrogens with two attached hydrogens (primary N) is 1. The van der Waals surface area contributed by atoms with E-state index in [-0.39, 0.29) is 24.8 Å². The van der Waals surface area contributed by atoms with Crippen molar-refractivity contribution in [1.82, 2.24) is 5.32 Å². The van der Waals surface area contributed by atoms with Crippen molar-refractivity contribution >= 4 is 24.8 Å². The Hall–Kier alpha value is 0.460. The third kappa shape index (κ3) is 4.30. The highest BCUT2D eigenvalue weighted by Crippen LogP contribution is 1.88. The maximum absolute atomic E-state index is 5.36. The van der Waals surface area contributed by atoms with Gasteiger partial charge in [-0.25, -0.2) is 0 Å². The quantitative estimate of drug-likeness (QED) is 0.599. The highest BCUT2D eigenvalue weighted by atomic mass is 35.5. The average Bonchev–Trinajstić information content (AvgIpc) is 1.90. The summed E-state index contributed by atoms with van der Waals surface area (Å²) >= 11 is 0. The number of halogens is 2. The lowest BCUT2D eigenvalue weighted by atomic mass is 10.3. The summed E-state index contributed by atoms with van der Waals surface area (Å²) in [5.41, 5.74) is 5.36. The molecule has 3 nitrogen and oxygen atoms in total. The van der Waals surface area contributed by atoms with E-state index in [4.69, 9.17) is 10.5 Å². The van der Waals surface area contributed by atoms with Crippen molar-refractivity contribution < 1.29 is 4.74 Å². The molecule has 0 aromatic rings. The molecule has 1 aliphatic heterocycles. The minimum Gasteiger partial charge on any atom is -0.378 e. The predicted octanol–water partition coefficient (Wildman–Crippen LogP) is -0.223. The Morgan fingerprint density at radius 2 is 2.20 bits per heavy atom. The molecule has 1 aliphatic rings. The normalized spacial score (nSPS) is 24.3. The second-order valence-corrected chi connectivity index (χ2v) is 1.96. The van der Waals surface area contributed by atoms with Gasteiger partial charge in [-0.05, 0) is 0 Å². The van der Waals surface area contributed by atoms with Crippen LogP contribution in [0.5, 0.6) is 0 Å². The van der Waals surface area contributed by atoms with Crippen molar-refractivity contribution in [2.75, 3.05) is 26.3 Å². The topological polar surface area (TPSA) is 47.3 Å². The van der Waals surface area contributed by atoms with Gasteiger partial charge in [0.1, 0.15) is 0 Å². The zero-order valence-corrected chi connectivity index (χ0v) is 7.34. The third-order valence-electron chi connectivity index (χ3n) is 1.28. The van der Waals surface area contributed by atoms with Crippen LogP contribution >= 0.6 is 24.8 Å². The Labute approximate surface area is 73.5 Å². The summed E-state index contributed by atoms with van der Waals surface area (Å²) in [6, 6.07) is 0.392. The molecule has 3 N–H and O–H groups in total. The zero-order valence-electron chi connectivity index (χ0n) is 5.71. The highest BCUT2D eigenvalue weighted by molar-refractivity contribution is 5.85. The molecule has 0 aliphatic carbocycles. The van der Waals surface area contributed by atoms with E-state index in [1.165, 1.54) is 0 Å². The Morgan fingerprint density at radius 3 is 2.50 bits per heavy atom. The van der Waals surface area contributed by atoms with Gasteiger partial charge in [-0.3, -0.25) is 0 Å². The third-order valence-corrected chi connectivity index (χ3v) is 1.28. The van der Waals surface area contributed by atoms with Crippen LogP contribution in [0.15, 0.2) is 0 Å². The maximum atomic E-state index is 5.36. The molecular formula is C5H14Cl2N2O. The summed E-state index contributed by atoms with van der Waals surface area (Å²) in [5, 5.41) is 3.22. The van der Waals surface area contributed by atoms with Crippen LogP contribution in [0.4, 0.5) is 0 Å². The molecule has 1 atom stereocenters. The largest absolute Gasteiger partial charge is 0.378 e. The van der Waals surface area contributed by atoms with Gasteiger partial charge >= 0.3 is 0 Å². The van der Waals surface area contributed by atoms with E-state index in [1.54, 1.807) is 0 Å². The first-order valence-electron chi connectivity index (χ1n) is 2.94. The second-order valence-electron chi connectivity index (χ2n) is 1.96. The summed E-state index contributed by atoms with van der Waals surface area (Å²) in [6.07, 6.45) is 0. The maximum Gasteiger partial charge on any atom is 0.0632 e. The lowest BCUT2D eigenvalue weighted by molar-refractivity contribution is 0.0794. The highest BCUT2D eigenvalue weighted by Gasteiger charge is 2.08. The van der Waals surface area contributed by atoms with Gasteiger partial charge in [-0.2, -0.15) is 0 Å². The van der Waals surface area contributed by atoms with Gasteiger partial charge in [0.05, 0.1) is 13.2 Å². The molecule has 64 valence electrons. The van der Waals surface area contributed by atoms with Crippen LogP contribution in [0.1, 0.15) is 0 Å². The van der Waals surface area contributed by atoms with Gasteiger partial charge in [0.2, 0.25) is 0 Å². The first kappa shape index (κ1) is 13.1. The molecule has 1 fully saturated rings. The summed E-state index contributed by atoms with van der Waals surface area (Å²) in [7, 11) is 0. The predicted molar refractivity (Wildman–Crippen MR) is 46.2 cm³/mol. The van der Waals surface area contributed by atoms with E-state index < -0.39 is 0 Å². The van der Waals surface area contributed by atoms with Crippen LogP contribution < -0.4 is 11.1 Å². The standard InChI is InChI=1S/C5H12N2O.2ClH/c6-3-5-4-8-2-1-7-5;;/h5,7H,1-4,6H2;2*1H. The van der Waals surface area contributed by atoms with Crippen LogP contribution in [0.3, 0.4) is 0 Å². The van der Waals surface area contributed by atoms with Crippen molar-refractivity contribution in [2.24, 2.45) is 5.73 Å². The van der Waals surface area contributed by atoms with Gasteiger partial charge < -0.3 is 15.8 Å². The van der Waals surface area contributed by atoms with Crippen molar-refractivity contribution in [3.05, 3.63) is 0 Å². The van der Waals surface area contributed by atoms with E-state index in [1.807, 2.05) is 0 Å². The van der Waals surface area contributed by atoms with Gasteiger partial charge in [-0.15, -0.1) is 24.8 Å². The van der Waals surface area contributed by atoms with Crippen LogP contribution in [-0.2, 0) is 4.74 Å². The number of nitrogens with one attached hydrogen (secondary N) is 1. The number of morpholine rings is 1. The van der Waals surface area contributed by atoms with Crippen LogP contribution in [0.25, 0.3) is 0 Å². The van der Waals surface area contributed by atoms with Gasteiger partial charge in [0.15, 0.2) is 0 Å². The fourth-order valence-corrected chi connectivity index (χ4v) is 0.771. The fraction of sp³-hybridized carbons (Fsp3) is 1.00. The summed E-state index contributed by atoms with van der Waals surface area (Å²) in [5.74, 6) is 0. The molecule has 0 spiro atoms. The Kier molecular flexibility index (Phi) is 9.90. The van der Waals surface area contributed by atoms with E-state index in [2.05, 4.69) is 5.32 Å². The van der Waals surface area contributed by atoms with E-state index in [0.29, 0.717) is 12.6 Å². The molecule has 0 amide bonds. The van der Waals surface area contributed by atoms with Crippen molar-refractivity contribution in [3.8, 4) is 0 Å². The van der Waals surface area contributed by atoms with Gasteiger partial charge in [0, 0.05) is 19.1 Å². The Balaban J connectivity index is 0. The molecule has 0 radical (unpaired) electrons. The molecule has 1 heterocycles. The number of hydrogen-bond acceptors (Lipinski definition) is 3. The first-order valence-corrected chi connectivity index (χ1v) is 2.94. The SMILES string of the molecule is Cl.Cl.NCC1COCCN1. The van der Waals surface area contributed by atoms with Crippen LogP contribution in [0, 0.1) is 0 Å². The molecule has 0 bridgehead atoms. The van der Waals surface area contributed by atoms with Gasteiger partial charge in [0.25, 0.3) is 0 Å². The molecule has 0 aromatic heterocycles. The number of rotatable bonds is 1. The smallest absolute Gasteiger partial charge is 0.0632 e. The molecule has 10 heavy (non-hydrogen) atoms. The van der Waals surface area contributed by atoms with Crippen LogP contribution in [0.2, 0.25) is 0 Å². The van der Waals surface area contributed by atoms with Crippen molar-refractivity contribution in [1.29, 1.82) is 0 Å². The lowest BCUT2D eigenvalue weighted by Crippen LogP contribution is -2.45. The minimum atomic E-state index is 0. The number of ether oxygens (including phenoxy) is 1. The molecular weight excluding hydrogens is 175 g/mol. The minimum absolute atomic E-state index is 0. The van der Waals surface area contributed by atoms with E-state index >= 15 is 0 Å². The fourth-order valence-electron chi connectivity index (χ4n) is 0.771.